The smallest absolute Gasteiger partial charge is 0.158 e. The van der Waals surface area contributed by atoms with Crippen LogP contribution in [0.25, 0.3) is 65.4 Å². The quantitative estimate of drug-likeness (QED) is 0.136. The molecule has 2 fully saturated rings. The van der Waals surface area contributed by atoms with Gasteiger partial charge < -0.3 is 19.9 Å². The van der Waals surface area contributed by atoms with Gasteiger partial charge in [-0.3, -0.25) is 0 Å². The van der Waals surface area contributed by atoms with E-state index in [1.165, 1.54) is 128 Å². The van der Waals surface area contributed by atoms with E-state index in [0.717, 1.165) is 45.0 Å². The number of fused-ring (bicyclic) bond motifs is 10. The second kappa shape index (κ2) is 20.2. The van der Waals surface area contributed by atoms with Gasteiger partial charge in [-0.25, -0.2) is 0 Å². The van der Waals surface area contributed by atoms with Gasteiger partial charge in [0.05, 0.1) is 9.26 Å². The lowest BCUT2D eigenvalue weighted by atomic mass is 9.82. The molecule has 10 aromatic rings. The summed E-state index contributed by atoms with van der Waals surface area (Å²) < 4.78 is 14.4. The van der Waals surface area contributed by atoms with Crippen LogP contribution in [0.15, 0.2) is 154 Å². The fourth-order valence-corrected chi connectivity index (χ4v) is 10.9. The van der Waals surface area contributed by atoms with Gasteiger partial charge in [0.15, 0.2) is 5.58 Å². The lowest BCUT2D eigenvalue weighted by Gasteiger charge is -2.22. The van der Waals surface area contributed by atoms with Crippen LogP contribution >= 0.6 is 22.6 Å². The summed E-state index contributed by atoms with van der Waals surface area (Å²) in [5.41, 5.74) is 17.9. The lowest BCUT2D eigenvalue weighted by molar-refractivity contribution is 0.442. The van der Waals surface area contributed by atoms with Crippen LogP contribution in [0.2, 0.25) is 0 Å². The third-order valence-electron chi connectivity index (χ3n) is 13.7. The molecule has 4 nitrogen and oxygen atoms in total. The highest BCUT2D eigenvalue weighted by molar-refractivity contribution is 14.1. The number of halogens is 1. The second-order valence-electron chi connectivity index (χ2n) is 17.8. The van der Waals surface area contributed by atoms with Crippen LogP contribution in [-0.2, 0) is 0 Å². The van der Waals surface area contributed by atoms with Gasteiger partial charge in [0.1, 0.15) is 16.7 Å². The Kier molecular flexibility index (Phi) is 14.2. The molecule has 0 bridgehead atoms. The fourth-order valence-electron chi connectivity index (χ4n) is 10.3. The molecule has 5 heteroatoms. The van der Waals surface area contributed by atoms with Crippen molar-refractivity contribution >= 4 is 105 Å². The van der Waals surface area contributed by atoms with Crippen LogP contribution in [-0.4, -0.2) is 0 Å². The van der Waals surface area contributed by atoms with Crippen LogP contribution in [0.1, 0.15) is 113 Å². The summed E-state index contributed by atoms with van der Waals surface area (Å²) in [7, 11) is 0. The van der Waals surface area contributed by atoms with Crippen molar-refractivity contribution in [1.82, 2.24) is 0 Å². The highest BCUT2D eigenvalue weighted by atomic mass is 127. The zero-order chi connectivity index (χ0) is 42.9. The number of anilines is 3. The van der Waals surface area contributed by atoms with Crippen molar-refractivity contribution in [1.29, 1.82) is 0 Å². The monoisotopic (exact) mass is 970 g/mol. The third-order valence-corrected chi connectivity index (χ3v) is 14.5. The molecule has 332 valence electrons. The third kappa shape index (κ3) is 9.09. The normalized spacial score (nSPS) is 14.4. The molecule has 0 atom stereocenters. The number of nitrogens with one attached hydrogen (secondary N) is 1. The average Bonchev–Trinajstić information content (AvgIpc) is 3.93. The van der Waals surface area contributed by atoms with Gasteiger partial charge in [0.25, 0.3) is 0 Å². The van der Waals surface area contributed by atoms with Crippen LogP contribution in [0.3, 0.4) is 0 Å². The molecule has 2 aromatic heterocycles. The van der Waals surface area contributed by atoms with E-state index in [4.69, 9.17) is 14.6 Å². The van der Waals surface area contributed by atoms with E-state index < -0.39 is 0 Å². The molecule has 0 unspecified atom stereocenters. The van der Waals surface area contributed by atoms with Crippen molar-refractivity contribution in [3.63, 3.8) is 0 Å². The molecule has 2 aliphatic rings. The number of aryl methyl sites for hydroxylation is 2. The average molecular weight is 971 g/mol. The number of benzene rings is 8. The Hall–Kier alpha value is -5.79. The van der Waals surface area contributed by atoms with Gasteiger partial charge in [0, 0.05) is 32.9 Å². The summed E-state index contributed by atoms with van der Waals surface area (Å²) in [6.45, 7) is 4.13. The van der Waals surface area contributed by atoms with Gasteiger partial charge in [0.2, 0.25) is 0 Å². The summed E-state index contributed by atoms with van der Waals surface area (Å²) in [5.74, 6) is 1.23. The Morgan fingerprint density at radius 3 is 1.45 bits per heavy atom. The predicted molar refractivity (Wildman–Crippen MR) is 290 cm³/mol. The topological polar surface area (TPSA) is 64.3 Å². The Bertz CT molecular complexity index is 3220. The molecular formula is C60H63IN2O2. The fraction of sp³-hybridized carbons (Fsp3) is 0.267. The maximum Gasteiger partial charge on any atom is 0.158 e. The standard InChI is InChI=1S/C29H27NO.C22H19IO.C7H9N.2CH4/c1-19-10-5-8-16-25(19)30-26-17-9-15-23-27-22-14-7-6-13-21(22)18-24(29(27)31-28(23)26)20-11-3-2-4-12-20;23-19-12-6-11-17-20-16-10-5-4-9-15(16)13-18(22(20)24-21(17)19)14-7-2-1-3-8-14;1-6-4-2-3-5-7(6)8;;/h5-10,13-18,20,30H,2-4,11-12H2,1H3;4-6,9-14H,1-3,7-8H2;2-5H,8H2,1H3;2*1H4. The van der Waals surface area contributed by atoms with Crippen molar-refractivity contribution in [3.05, 3.63) is 171 Å². The van der Waals surface area contributed by atoms with Gasteiger partial charge in [-0.05, 0) is 154 Å². The summed E-state index contributed by atoms with van der Waals surface area (Å²) in [6.07, 6.45) is 13.2. The van der Waals surface area contributed by atoms with E-state index in [2.05, 4.69) is 156 Å². The zero-order valence-electron chi connectivity index (χ0n) is 36.4. The van der Waals surface area contributed by atoms with Gasteiger partial charge in [-0.2, -0.15) is 0 Å². The van der Waals surface area contributed by atoms with Crippen molar-refractivity contribution in [2.45, 2.75) is 105 Å². The highest BCUT2D eigenvalue weighted by Crippen LogP contribution is 2.46. The summed E-state index contributed by atoms with van der Waals surface area (Å²) in [6, 6.07) is 51.5. The van der Waals surface area contributed by atoms with Crippen molar-refractivity contribution < 1.29 is 8.83 Å². The number of hydrogen-bond donors (Lipinski definition) is 2. The van der Waals surface area contributed by atoms with Crippen LogP contribution in [0.4, 0.5) is 17.1 Å². The highest BCUT2D eigenvalue weighted by Gasteiger charge is 2.25. The Balaban J connectivity index is 0.000000151. The largest absolute Gasteiger partial charge is 0.455 e. The minimum Gasteiger partial charge on any atom is -0.455 e. The minimum absolute atomic E-state index is 0. The first-order valence-electron chi connectivity index (χ1n) is 23.0. The molecule has 0 amide bonds. The van der Waals surface area contributed by atoms with Crippen molar-refractivity contribution in [2.24, 2.45) is 0 Å². The molecule has 2 heterocycles. The first-order chi connectivity index (χ1) is 30.9. The number of nitrogen functional groups attached to an aromatic ring is 1. The predicted octanol–water partition coefficient (Wildman–Crippen LogP) is 19.1. The molecule has 0 aliphatic heterocycles. The lowest BCUT2D eigenvalue weighted by Crippen LogP contribution is -2.04. The number of hydrogen-bond acceptors (Lipinski definition) is 4. The summed E-state index contributed by atoms with van der Waals surface area (Å²) in [4.78, 5) is 0. The van der Waals surface area contributed by atoms with Crippen molar-refractivity contribution in [2.75, 3.05) is 11.1 Å². The second-order valence-corrected chi connectivity index (χ2v) is 18.9. The van der Waals surface area contributed by atoms with Crippen LogP contribution < -0.4 is 11.1 Å². The van der Waals surface area contributed by atoms with Crippen LogP contribution in [0, 0.1) is 17.4 Å². The van der Waals surface area contributed by atoms with E-state index in [9.17, 15) is 0 Å². The maximum atomic E-state index is 6.73. The van der Waals surface area contributed by atoms with Crippen molar-refractivity contribution in [3.8, 4) is 0 Å². The van der Waals surface area contributed by atoms with E-state index >= 15 is 0 Å². The first-order valence-corrected chi connectivity index (χ1v) is 24.0. The molecule has 2 aliphatic carbocycles. The van der Waals surface area contributed by atoms with E-state index in [0.29, 0.717) is 11.8 Å². The molecule has 65 heavy (non-hydrogen) atoms. The molecular weight excluding hydrogens is 908 g/mol. The number of para-hydroxylation sites is 4. The van der Waals surface area contributed by atoms with E-state index in [1.807, 2.05) is 31.2 Å². The SMILES string of the molecule is C.C.Cc1ccccc1N.Cc1ccccc1Nc1cccc2c1oc1c(C3CCCCC3)cc3ccccc3c12.Ic1cccc2c1oc1c(C3CCCCC3)cc3ccccc3c12. The zero-order valence-corrected chi connectivity index (χ0v) is 38.5. The number of furan rings is 2. The molecule has 8 aromatic carbocycles. The molecule has 3 N–H and O–H groups in total. The molecule has 12 rings (SSSR count). The first kappa shape index (κ1) is 45.8. The molecule has 0 spiro atoms. The molecule has 2 saturated carbocycles. The van der Waals surface area contributed by atoms with Gasteiger partial charge in [-0.15, -0.1) is 0 Å². The Labute approximate surface area is 398 Å². The summed E-state index contributed by atoms with van der Waals surface area (Å²) >= 11 is 2.39. The Morgan fingerprint density at radius 1 is 0.462 bits per heavy atom. The minimum atomic E-state index is 0. The van der Waals surface area contributed by atoms with Gasteiger partial charge >= 0.3 is 0 Å². The van der Waals surface area contributed by atoms with Crippen LogP contribution in [0.5, 0.6) is 0 Å². The number of rotatable bonds is 4. The number of nitrogens with two attached hydrogens (primary N) is 1. The Morgan fingerprint density at radius 2 is 0.908 bits per heavy atom. The van der Waals surface area contributed by atoms with E-state index in [1.54, 1.807) is 0 Å². The van der Waals surface area contributed by atoms with Gasteiger partial charge in [-0.1, -0.05) is 163 Å². The molecule has 0 radical (unpaired) electrons. The maximum absolute atomic E-state index is 6.73. The van der Waals surface area contributed by atoms with E-state index in [-0.39, 0.29) is 14.9 Å². The molecule has 0 saturated heterocycles. The summed E-state index contributed by atoms with van der Waals surface area (Å²) in [5, 5.41) is 13.9.